The highest BCUT2D eigenvalue weighted by molar-refractivity contribution is 7.92. The molecule has 0 aliphatic carbocycles. The molecule has 0 aliphatic heterocycles. The van der Waals surface area contributed by atoms with Gasteiger partial charge < -0.3 is 10.1 Å². The maximum absolute atomic E-state index is 12.8. The lowest BCUT2D eigenvalue weighted by molar-refractivity contribution is 0.0952. The summed E-state index contributed by atoms with van der Waals surface area (Å²) in [5.74, 6) is 0.187. The van der Waals surface area contributed by atoms with E-state index in [0.717, 1.165) is 0 Å². The average Bonchev–Trinajstić information content (AvgIpc) is 2.76. The highest BCUT2D eigenvalue weighted by Crippen LogP contribution is 2.21. The summed E-state index contributed by atoms with van der Waals surface area (Å²) in [4.78, 5) is 12.6. The Kier molecular flexibility index (Phi) is 8.65. The van der Waals surface area contributed by atoms with Gasteiger partial charge in [-0.05, 0) is 62.2 Å². The van der Waals surface area contributed by atoms with E-state index in [9.17, 15) is 21.6 Å². The van der Waals surface area contributed by atoms with Crippen molar-refractivity contribution in [2.24, 2.45) is 0 Å². The van der Waals surface area contributed by atoms with Crippen molar-refractivity contribution in [3.63, 3.8) is 0 Å². The first-order valence-electron chi connectivity index (χ1n) is 10.00. The van der Waals surface area contributed by atoms with Gasteiger partial charge in [-0.1, -0.05) is 6.07 Å². The summed E-state index contributed by atoms with van der Waals surface area (Å²) in [6.45, 7) is 3.81. The largest absolute Gasteiger partial charge is 0.497 e. The molecule has 2 rings (SSSR count). The van der Waals surface area contributed by atoms with Gasteiger partial charge >= 0.3 is 0 Å². The minimum atomic E-state index is -3.91. The van der Waals surface area contributed by atoms with Crippen LogP contribution in [0, 0.1) is 6.92 Å². The lowest BCUT2D eigenvalue weighted by Crippen LogP contribution is -2.32. The van der Waals surface area contributed by atoms with E-state index in [1.807, 2.05) is 0 Å². The van der Waals surface area contributed by atoms with Gasteiger partial charge in [0.25, 0.3) is 15.9 Å². The predicted molar refractivity (Wildman–Crippen MR) is 124 cm³/mol. The highest BCUT2D eigenvalue weighted by atomic mass is 32.2. The number of nitrogens with one attached hydrogen (secondary N) is 2. The lowest BCUT2D eigenvalue weighted by atomic mass is 10.1. The molecule has 0 unspecified atom stereocenters. The summed E-state index contributed by atoms with van der Waals surface area (Å²) in [6.07, 6.45) is 0.428. The van der Waals surface area contributed by atoms with Gasteiger partial charge in [0.2, 0.25) is 10.0 Å². The molecule has 1 amide bonds. The van der Waals surface area contributed by atoms with Crippen LogP contribution in [-0.4, -0.2) is 60.0 Å². The molecule has 2 N–H and O–H groups in total. The van der Waals surface area contributed by atoms with Gasteiger partial charge in [-0.3, -0.25) is 9.52 Å². The van der Waals surface area contributed by atoms with Gasteiger partial charge in [0.15, 0.2) is 0 Å². The smallest absolute Gasteiger partial charge is 0.261 e. The fraction of sp³-hybridized carbons (Fsp3) is 0.381. The summed E-state index contributed by atoms with van der Waals surface area (Å²) >= 11 is 0. The summed E-state index contributed by atoms with van der Waals surface area (Å²) in [5, 5.41) is 2.72. The Morgan fingerprint density at radius 3 is 2.31 bits per heavy atom. The minimum absolute atomic E-state index is 0.0148. The van der Waals surface area contributed by atoms with Crippen LogP contribution in [-0.2, 0) is 20.0 Å². The summed E-state index contributed by atoms with van der Waals surface area (Å²) in [6, 6.07) is 10.7. The number of amides is 1. The van der Waals surface area contributed by atoms with Gasteiger partial charge in [-0.25, -0.2) is 21.1 Å². The zero-order valence-corrected chi connectivity index (χ0v) is 20.2. The second-order valence-corrected chi connectivity index (χ2v) is 11.2. The zero-order chi connectivity index (χ0) is 23.9. The molecular formula is C21H29N3O6S2. The summed E-state index contributed by atoms with van der Waals surface area (Å²) < 4.78 is 57.8. The molecule has 2 aromatic carbocycles. The number of aryl methyl sites for hydroxylation is 1. The van der Waals surface area contributed by atoms with Crippen molar-refractivity contribution >= 4 is 31.6 Å². The van der Waals surface area contributed by atoms with Crippen LogP contribution < -0.4 is 14.8 Å². The fourth-order valence-corrected chi connectivity index (χ4v) is 4.78. The molecule has 0 spiro atoms. The van der Waals surface area contributed by atoms with Crippen molar-refractivity contribution in [3.05, 3.63) is 53.6 Å². The van der Waals surface area contributed by atoms with Gasteiger partial charge in [-0.15, -0.1) is 0 Å². The van der Waals surface area contributed by atoms with E-state index in [1.54, 1.807) is 44.2 Å². The Morgan fingerprint density at radius 1 is 1.06 bits per heavy atom. The van der Waals surface area contributed by atoms with E-state index in [4.69, 9.17) is 4.74 Å². The van der Waals surface area contributed by atoms with Crippen LogP contribution in [0.15, 0.2) is 47.4 Å². The average molecular weight is 484 g/mol. The number of hydrogen-bond donors (Lipinski definition) is 2. The molecule has 0 heterocycles. The van der Waals surface area contributed by atoms with Gasteiger partial charge in [0.1, 0.15) is 5.75 Å². The van der Waals surface area contributed by atoms with Crippen LogP contribution >= 0.6 is 0 Å². The molecule has 0 saturated heterocycles. The van der Waals surface area contributed by atoms with E-state index >= 15 is 0 Å². The molecule has 32 heavy (non-hydrogen) atoms. The molecule has 0 aliphatic rings. The Bertz CT molecular complexity index is 1150. The van der Waals surface area contributed by atoms with Crippen LogP contribution in [0.2, 0.25) is 0 Å². The molecule has 0 saturated carbocycles. The fourth-order valence-electron chi connectivity index (χ4n) is 2.84. The molecule has 11 heteroatoms. The third-order valence-corrected chi connectivity index (χ3v) is 8.12. The van der Waals surface area contributed by atoms with Gasteiger partial charge in [0, 0.05) is 31.4 Å². The van der Waals surface area contributed by atoms with E-state index in [1.165, 1.54) is 30.6 Å². The standard InChI is InChI=1S/C21H29N3O6S2/c1-5-31(26,27)24(3)14-6-13-22-21(25)20-15-19(12-7-16(20)2)32(28,29)23-17-8-10-18(30-4)11-9-17/h7-12,15,23H,5-6,13-14H2,1-4H3,(H,22,25). The van der Waals surface area contributed by atoms with Crippen LogP contribution in [0.4, 0.5) is 5.69 Å². The molecule has 2 aromatic rings. The van der Waals surface area contributed by atoms with Crippen molar-refractivity contribution in [3.8, 4) is 5.75 Å². The molecule has 0 radical (unpaired) electrons. The van der Waals surface area contributed by atoms with E-state index in [-0.39, 0.29) is 29.3 Å². The first-order chi connectivity index (χ1) is 15.0. The monoisotopic (exact) mass is 483 g/mol. The first-order valence-corrected chi connectivity index (χ1v) is 13.1. The predicted octanol–water partition coefficient (Wildman–Crippen LogP) is 2.21. The summed E-state index contributed by atoms with van der Waals surface area (Å²) in [7, 11) is -4.16. The number of nitrogens with zero attached hydrogens (tertiary/aromatic N) is 1. The van der Waals surface area contributed by atoms with Crippen molar-refractivity contribution in [1.82, 2.24) is 9.62 Å². The Labute approximate surface area is 189 Å². The Hall–Kier alpha value is -2.63. The number of methoxy groups -OCH3 is 1. The number of benzene rings is 2. The Balaban J connectivity index is 2.06. The van der Waals surface area contributed by atoms with Gasteiger partial charge in [0.05, 0.1) is 17.8 Å². The van der Waals surface area contributed by atoms with Crippen molar-refractivity contribution < 1.29 is 26.4 Å². The molecule has 0 aromatic heterocycles. The third-order valence-electron chi connectivity index (χ3n) is 4.88. The van der Waals surface area contributed by atoms with Crippen LogP contribution in [0.3, 0.4) is 0 Å². The van der Waals surface area contributed by atoms with E-state index in [0.29, 0.717) is 23.4 Å². The van der Waals surface area contributed by atoms with Crippen LogP contribution in [0.1, 0.15) is 29.3 Å². The van der Waals surface area contributed by atoms with Crippen LogP contribution in [0.25, 0.3) is 0 Å². The van der Waals surface area contributed by atoms with E-state index < -0.39 is 26.0 Å². The maximum Gasteiger partial charge on any atom is 0.261 e. The normalized spacial score (nSPS) is 11.9. The van der Waals surface area contributed by atoms with Crippen molar-refractivity contribution in [2.75, 3.05) is 37.7 Å². The molecule has 176 valence electrons. The quantitative estimate of drug-likeness (QED) is 0.473. The topological polar surface area (TPSA) is 122 Å². The summed E-state index contributed by atoms with van der Waals surface area (Å²) in [5.41, 5.74) is 1.22. The number of rotatable bonds is 11. The second kappa shape index (κ2) is 10.8. The molecule has 9 nitrogen and oxygen atoms in total. The second-order valence-electron chi connectivity index (χ2n) is 7.14. The Morgan fingerprint density at radius 2 is 1.72 bits per heavy atom. The minimum Gasteiger partial charge on any atom is -0.497 e. The molecule has 0 fully saturated rings. The maximum atomic E-state index is 12.8. The molecule has 0 atom stereocenters. The van der Waals surface area contributed by atoms with Crippen molar-refractivity contribution in [2.45, 2.75) is 25.2 Å². The zero-order valence-electron chi connectivity index (χ0n) is 18.6. The number of carbonyl (C=O) groups excluding carboxylic acids is 1. The first kappa shape index (κ1) is 25.6. The molecular weight excluding hydrogens is 454 g/mol. The number of hydrogen-bond acceptors (Lipinski definition) is 6. The number of ether oxygens (including phenoxy) is 1. The number of carbonyl (C=O) groups is 1. The molecule has 0 bridgehead atoms. The third kappa shape index (κ3) is 6.68. The number of sulfonamides is 2. The van der Waals surface area contributed by atoms with E-state index in [2.05, 4.69) is 10.0 Å². The number of anilines is 1. The lowest BCUT2D eigenvalue weighted by Gasteiger charge is -2.16. The van der Waals surface area contributed by atoms with Crippen LogP contribution in [0.5, 0.6) is 5.75 Å². The van der Waals surface area contributed by atoms with Gasteiger partial charge in [-0.2, -0.15) is 0 Å². The highest BCUT2D eigenvalue weighted by Gasteiger charge is 2.19. The van der Waals surface area contributed by atoms with Crippen molar-refractivity contribution in [1.29, 1.82) is 0 Å². The SMILES string of the molecule is CCS(=O)(=O)N(C)CCCNC(=O)c1cc(S(=O)(=O)Nc2ccc(OC)cc2)ccc1C.